The van der Waals surface area contributed by atoms with Crippen LogP contribution < -0.4 is 8.79 Å². The van der Waals surface area contributed by atoms with Crippen LogP contribution in [0.4, 0.5) is 11.4 Å². The van der Waals surface area contributed by atoms with Crippen molar-refractivity contribution in [2.24, 2.45) is 0 Å². The number of hydrogen-bond donors (Lipinski definition) is 0. The molecule has 4 aromatic rings. The molecule has 35 heavy (non-hydrogen) atoms. The molecule has 7 heteroatoms. The van der Waals surface area contributed by atoms with Crippen molar-refractivity contribution in [3.63, 3.8) is 0 Å². The Hall–Kier alpha value is -4.30. The molecule has 0 atom stereocenters. The van der Waals surface area contributed by atoms with Gasteiger partial charge in [-0.3, -0.25) is 0 Å². The number of nitro groups is 2. The third-order valence-electron chi connectivity index (χ3n) is 6.42. The van der Waals surface area contributed by atoms with E-state index in [0.29, 0.717) is 0 Å². The zero-order valence-electron chi connectivity index (χ0n) is 18.6. The molecule has 4 aromatic carbocycles. The third-order valence-corrected chi connectivity index (χ3v) is 16.8. The van der Waals surface area contributed by atoms with Crippen LogP contribution in [0.2, 0.25) is 0 Å². The van der Waals surface area contributed by atoms with Crippen LogP contribution in [0.3, 0.4) is 0 Å². The van der Waals surface area contributed by atoms with E-state index in [1.54, 1.807) is 24.3 Å². The number of nitrogens with zero attached hydrogens (tertiary/aromatic N) is 2. The Morgan fingerprint density at radius 2 is 0.829 bits per heavy atom. The Morgan fingerprint density at radius 3 is 1.14 bits per heavy atom. The quantitative estimate of drug-likeness (QED) is 0.195. The monoisotopic (exact) mass is 522 g/mol. The molecule has 0 saturated heterocycles. The van der Waals surface area contributed by atoms with Crippen LogP contribution in [0, 0.1) is 20.2 Å². The summed E-state index contributed by atoms with van der Waals surface area (Å²) in [4.78, 5) is 21.7. The number of non-ortho nitro benzene ring substituents is 2. The first-order valence-electron chi connectivity index (χ1n) is 11.1. The van der Waals surface area contributed by atoms with Gasteiger partial charge >= 0.3 is 205 Å². The molecule has 0 aliphatic carbocycles. The second kappa shape index (κ2) is 9.15. The summed E-state index contributed by atoms with van der Waals surface area (Å²) in [5.74, 6) is 0. The Bertz CT molecular complexity index is 1350. The van der Waals surface area contributed by atoms with Crippen LogP contribution in [0.5, 0.6) is 0 Å². The second-order valence-corrected chi connectivity index (χ2v) is 16.1. The van der Waals surface area contributed by atoms with Crippen LogP contribution in [0.1, 0.15) is 11.1 Å². The molecule has 5 rings (SSSR count). The molecule has 0 amide bonds. The first kappa shape index (κ1) is 22.5. The van der Waals surface area contributed by atoms with Crippen LogP contribution in [-0.2, 0) is 0 Å². The van der Waals surface area contributed by atoms with E-state index in [9.17, 15) is 20.2 Å². The second-order valence-electron chi connectivity index (χ2n) is 8.25. The molecule has 0 N–H and O–H groups in total. The first-order chi connectivity index (χ1) is 17.0. The summed E-state index contributed by atoms with van der Waals surface area (Å²) < 4.78 is 4.74. The van der Waals surface area contributed by atoms with Crippen molar-refractivity contribution in [3.8, 4) is 0 Å². The molecule has 6 nitrogen and oxygen atoms in total. The molecule has 170 valence electrons. The van der Waals surface area contributed by atoms with Gasteiger partial charge in [0.2, 0.25) is 0 Å². The van der Waals surface area contributed by atoms with Gasteiger partial charge in [0.05, 0.1) is 0 Å². The number of hydrogen-bond acceptors (Lipinski definition) is 4. The average molecular weight is 521 g/mol. The molecule has 0 spiro atoms. The van der Waals surface area contributed by atoms with E-state index in [4.69, 9.17) is 0 Å². The van der Waals surface area contributed by atoms with Gasteiger partial charge in [-0.05, 0) is 0 Å². The summed E-state index contributed by atoms with van der Waals surface area (Å²) in [7, 11) is 0. The number of nitro benzene ring substituents is 2. The van der Waals surface area contributed by atoms with Crippen molar-refractivity contribution in [2.75, 3.05) is 0 Å². The van der Waals surface area contributed by atoms with Crippen molar-refractivity contribution in [1.29, 1.82) is 0 Å². The maximum absolute atomic E-state index is 11.3. The molecular weight excluding hydrogens is 501 g/mol. The predicted octanol–water partition coefficient (Wildman–Crippen LogP) is 5.33. The van der Waals surface area contributed by atoms with Gasteiger partial charge in [0.25, 0.3) is 0 Å². The number of benzene rings is 4. The zero-order valence-corrected chi connectivity index (χ0v) is 20.7. The van der Waals surface area contributed by atoms with Gasteiger partial charge in [0, 0.05) is 0 Å². The number of allylic oxidation sites excluding steroid dienone is 2. The Labute approximate surface area is 204 Å². The zero-order chi connectivity index (χ0) is 24.4. The van der Waals surface area contributed by atoms with Gasteiger partial charge in [0.15, 0.2) is 0 Å². The maximum atomic E-state index is 11.3. The van der Waals surface area contributed by atoms with Gasteiger partial charge in [-0.15, -0.1) is 0 Å². The summed E-state index contributed by atoms with van der Waals surface area (Å²) in [6.45, 7) is 0. The summed E-state index contributed by atoms with van der Waals surface area (Å²) in [6, 6.07) is 34.2. The van der Waals surface area contributed by atoms with E-state index in [1.807, 2.05) is 60.7 Å². The van der Waals surface area contributed by atoms with E-state index in [2.05, 4.69) is 36.4 Å². The molecule has 0 radical (unpaired) electrons. The van der Waals surface area contributed by atoms with E-state index >= 15 is 0 Å². The molecule has 0 bridgehead atoms. The molecule has 0 saturated carbocycles. The minimum absolute atomic E-state index is 0.0495. The van der Waals surface area contributed by atoms with E-state index in [-0.39, 0.29) is 11.4 Å². The molecule has 0 unspecified atom stereocenters. The molecule has 1 aliphatic rings. The van der Waals surface area contributed by atoms with Crippen LogP contribution in [0.25, 0.3) is 8.81 Å². The van der Waals surface area contributed by atoms with Crippen LogP contribution >= 0.6 is 0 Å². The molecular formula is C28H20GeN2O4. The Kier molecular flexibility index (Phi) is 5.88. The topological polar surface area (TPSA) is 86.3 Å². The van der Waals surface area contributed by atoms with Crippen molar-refractivity contribution < 1.29 is 9.85 Å². The molecule has 0 fully saturated rings. The van der Waals surface area contributed by atoms with Gasteiger partial charge in [-0.2, -0.15) is 0 Å². The van der Waals surface area contributed by atoms with Crippen molar-refractivity contribution in [3.05, 3.63) is 153 Å². The van der Waals surface area contributed by atoms with Gasteiger partial charge in [-0.1, -0.05) is 0 Å². The average Bonchev–Trinajstić information content (AvgIpc) is 3.31. The third kappa shape index (κ3) is 3.87. The van der Waals surface area contributed by atoms with Crippen LogP contribution in [-0.4, -0.2) is 23.1 Å². The summed E-state index contributed by atoms with van der Waals surface area (Å²) in [5, 5.41) is 22.5. The van der Waals surface area contributed by atoms with E-state index in [1.165, 1.54) is 8.79 Å². The standard InChI is InChI=1S/C28H20GeN2O4/c32-30(33)25-15-11-21(12-16-25)27-19-20-28(22-13-17-26(18-14-22)31(34)35)29(27,23-7-3-1-4-8-23)24-9-5-2-6-10-24/h1-20H. The summed E-state index contributed by atoms with van der Waals surface area (Å²) in [5.41, 5.74) is 1.98. The first-order valence-corrected chi connectivity index (χ1v) is 15.2. The van der Waals surface area contributed by atoms with Crippen molar-refractivity contribution >= 4 is 42.2 Å². The summed E-state index contributed by atoms with van der Waals surface area (Å²) >= 11 is -3.57. The fourth-order valence-corrected chi connectivity index (χ4v) is 15.6. The Balaban J connectivity index is 1.77. The molecule has 1 aliphatic heterocycles. The fourth-order valence-electron chi connectivity index (χ4n) is 4.88. The van der Waals surface area contributed by atoms with Crippen LogP contribution in [0.15, 0.2) is 121 Å². The Morgan fingerprint density at radius 1 is 0.486 bits per heavy atom. The molecule has 1 heterocycles. The predicted molar refractivity (Wildman–Crippen MR) is 140 cm³/mol. The van der Waals surface area contributed by atoms with Gasteiger partial charge < -0.3 is 0 Å². The van der Waals surface area contributed by atoms with E-state index in [0.717, 1.165) is 19.9 Å². The fraction of sp³-hybridized carbons (Fsp3) is 0. The van der Waals surface area contributed by atoms with Gasteiger partial charge in [0.1, 0.15) is 0 Å². The van der Waals surface area contributed by atoms with Crippen molar-refractivity contribution in [2.45, 2.75) is 0 Å². The summed E-state index contributed by atoms with van der Waals surface area (Å²) in [6.07, 6.45) is 4.25. The molecule has 0 aromatic heterocycles. The van der Waals surface area contributed by atoms with Gasteiger partial charge in [-0.25, -0.2) is 0 Å². The SMILES string of the molecule is O=[N+]([O-])c1ccc([C]2=CC=[C](c3ccc([N+](=O)[O-])cc3)[Ge]2([c]2ccccc2)[c]2ccccc2)cc1. The number of rotatable bonds is 6. The minimum atomic E-state index is -3.57. The van der Waals surface area contributed by atoms with E-state index < -0.39 is 23.1 Å². The van der Waals surface area contributed by atoms with Crippen molar-refractivity contribution in [1.82, 2.24) is 0 Å². The normalized spacial score (nSPS) is 14.2.